The van der Waals surface area contributed by atoms with Crippen molar-refractivity contribution in [1.82, 2.24) is 9.97 Å². The molecular weight excluding hydrogens is 284 g/mol. The Balaban J connectivity index is 2.15. The third-order valence-electron chi connectivity index (χ3n) is 3.12. The van der Waals surface area contributed by atoms with Gasteiger partial charge in [-0.25, -0.2) is 4.98 Å². The van der Waals surface area contributed by atoms with Crippen molar-refractivity contribution in [2.45, 2.75) is 33.2 Å². The van der Waals surface area contributed by atoms with E-state index in [4.69, 9.17) is 11.6 Å². The summed E-state index contributed by atoms with van der Waals surface area (Å²) in [4.78, 5) is 8.87. The van der Waals surface area contributed by atoms with Gasteiger partial charge in [0.25, 0.3) is 0 Å². The number of anilines is 2. The Hall–Kier alpha value is -1.81. The smallest absolute Gasteiger partial charge is 0.224 e. The summed E-state index contributed by atoms with van der Waals surface area (Å²) in [6.45, 7) is 7.01. The van der Waals surface area contributed by atoms with E-state index in [1.165, 1.54) is 0 Å². The van der Waals surface area contributed by atoms with Crippen LogP contribution in [0.5, 0.6) is 0 Å². The van der Waals surface area contributed by atoms with Gasteiger partial charge in [-0.1, -0.05) is 36.7 Å². The molecule has 0 fully saturated rings. The Morgan fingerprint density at radius 3 is 2.71 bits per heavy atom. The average Bonchev–Trinajstić information content (AvgIpc) is 2.45. The molecule has 112 valence electrons. The fourth-order valence-electron chi connectivity index (χ4n) is 2.08. The Morgan fingerprint density at radius 1 is 1.24 bits per heavy atom. The molecular formula is C16H21ClN4. The Bertz CT molecular complexity index is 601. The molecule has 2 aromatic rings. The summed E-state index contributed by atoms with van der Waals surface area (Å²) in [7, 11) is 0. The molecule has 0 saturated heterocycles. The number of benzene rings is 1. The van der Waals surface area contributed by atoms with E-state index in [0.717, 1.165) is 35.1 Å². The molecule has 1 unspecified atom stereocenters. The van der Waals surface area contributed by atoms with E-state index >= 15 is 0 Å². The fraction of sp³-hybridized carbons (Fsp3) is 0.375. The molecule has 0 radical (unpaired) electrons. The summed E-state index contributed by atoms with van der Waals surface area (Å²) in [6.07, 6.45) is 1.04. The highest BCUT2D eigenvalue weighted by molar-refractivity contribution is 6.31. The van der Waals surface area contributed by atoms with Gasteiger partial charge in [-0.2, -0.15) is 4.98 Å². The van der Waals surface area contributed by atoms with Gasteiger partial charge >= 0.3 is 0 Å². The summed E-state index contributed by atoms with van der Waals surface area (Å²) in [5.74, 6) is 1.46. The lowest BCUT2D eigenvalue weighted by molar-refractivity contribution is 0.868. The Labute approximate surface area is 131 Å². The zero-order chi connectivity index (χ0) is 15.2. The lowest BCUT2D eigenvalue weighted by Gasteiger charge is -2.17. The van der Waals surface area contributed by atoms with Crippen LogP contribution >= 0.6 is 11.6 Å². The number of nitrogens with one attached hydrogen (secondary N) is 2. The summed E-state index contributed by atoms with van der Waals surface area (Å²) >= 11 is 6.23. The average molecular weight is 305 g/mol. The highest BCUT2D eigenvalue weighted by atomic mass is 35.5. The number of hydrogen-bond donors (Lipinski definition) is 2. The van der Waals surface area contributed by atoms with E-state index in [1.54, 1.807) is 0 Å². The first-order valence-electron chi connectivity index (χ1n) is 7.20. The van der Waals surface area contributed by atoms with Crippen molar-refractivity contribution in [2.24, 2.45) is 0 Å². The van der Waals surface area contributed by atoms with Crippen molar-refractivity contribution in [3.8, 4) is 0 Å². The van der Waals surface area contributed by atoms with Crippen LogP contribution in [0.2, 0.25) is 5.02 Å². The first-order chi connectivity index (χ1) is 10.1. The van der Waals surface area contributed by atoms with Crippen LogP contribution in [0.15, 0.2) is 30.3 Å². The standard InChI is InChI=1S/C16H21ClN4/c1-4-9-18-16-19-11(2)10-15(21-16)20-12(3)13-7-5-6-8-14(13)17/h5-8,10,12H,4,9H2,1-3H3,(H2,18,19,20,21). The van der Waals surface area contributed by atoms with Crippen LogP contribution in [0.1, 0.15) is 37.6 Å². The van der Waals surface area contributed by atoms with Crippen molar-refractivity contribution in [1.29, 1.82) is 0 Å². The Kier molecular flexibility index (Phi) is 5.39. The molecule has 2 rings (SSSR count). The maximum atomic E-state index is 6.23. The van der Waals surface area contributed by atoms with Gasteiger partial charge < -0.3 is 10.6 Å². The van der Waals surface area contributed by atoms with E-state index in [1.807, 2.05) is 37.3 Å². The summed E-state index contributed by atoms with van der Waals surface area (Å²) in [6, 6.07) is 9.84. The zero-order valence-electron chi connectivity index (χ0n) is 12.7. The van der Waals surface area contributed by atoms with Gasteiger partial charge in [-0.15, -0.1) is 0 Å². The summed E-state index contributed by atoms with van der Waals surface area (Å²) in [5.41, 5.74) is 1.98. The van der Waals surface area contributed by atoms with Gasteiger partial charge in [0.2, 0.25) is 5.95 Å². The SMILES string of the molecule is CCCNc1nc(C)cc(NC(C)c2ccccc2Cl)n1. The molecule has 21 heavy (non-hydrogen) atoms. The van der Waals surface area contributed by atoms with Gasteiger partial charge in [-0.3, -0.25) is 0 Å². The maximum absolute atomic E-state index is 6.23. The second-order valence-corrected chi connectivity index (χ2v) is 5.44. The highest BCUT2D eigenvalue weighted by Gasteiger charge is 2.10. The summed E-state index contributed by atoms with van der Waals surface area (Å²) < 4.78 is 0. The van der Waals surface area contributed by atoms with Crippen molar-refractivity contribution >= 4 is 23.4 Å². The van der Waals surface area contributed by atoms with Gasteiger partial charge in [0.15, 0.2) is 0 Å². The van der Waals surface area contributed by atoms with Crippen LogP contribution < -0.4 is 10.6 Å². The molecule has 0 aliphatic carbocycles. The van der Waals surface area contributed by atoms with Gasteiger partial charge in [0.05, 0.1) is 6.04 Å². The molecule has 2 N–H and O–H groups in total. The highest BCUT2D eigenvalue weighted by Crippen LogP contribution is 2.25. The quantitative estimate of drug-likeness (QED) is 0.828. The molecule has 0 aliphatic heterocycles. The third kappa shape index (κ3) is 4.33. The van der Waals surface area contributed by atoms with Crippen LogP contribution in [-0.4, -0.2) is 16.5 Å². The fourth-order valence-corrected chi connectivity index (χ4v) is 2.38. The van der Waals surface area contributed by atoms with E-state index in [2.05, 4.69) is 34.4 Å². The Morgan fingerprint density at radius 2 is 2.00 bits per heavy atom. The predicted molar refractivity (Wildman–Crippen MR) is 89.0 cm³/mol. The molecule has 0 spiro atoms. The van der Waals surface area contributed by atoms with Crippen molar-refractivity contribution in [3.63, 3.8) is 0 Å². The maximum Gasteiger partial charge on any atom is 0.224 e. The summed E-state index contributed by atoms with van der Waals surface area (Å²) in [5, 5.41) is 7.35. The number of aryl methyl sites for hydroxylation is 1. The number of aromatic nitrogens is 2. The molecule has 5 heteroatoms. The second kappa shape index (κ2) is 7.27. The molecule has 4 nitrogen and oxygen atoms in total. The minimum absolute atomic E-state index is 0.0759. The minimum Gasteiger partial charge on any atom is -0.363 e. The molecule has 0 bridgehead atoms. The molecule has 1 aromatic heterocycles. The lowest BCUT2D eigenvalue weighted by Crippen LogP contribution is -2.11. The van der Waals surface area contributed by atoms with Crippen LogP contribution in [0, 0.1) is 6.92 Å². The minimum atomic E-state index is 0.0759. The topological polar surface area (TPSA) is 49.8 Å². The molecule has 1 heterocycles. The van der Waals surface area contributed by atoms with Crippen molar-refractivity contribution in [2.75, 3.05) is 17.2 Å². The van der Waals surface area contributed by atoms with Gasteiger partial charge in [0, 0.05) is 23.3 Å². The van der Waals surface area contributed by atoms with Crippen molar-refractivity contribution < 1.29 is 0 Å². The van der Waals surface area contributed by atoms with E-state index < -0.39 is 0 Å². The van der Waals surface area contributed by atoms with Gasteiger partial charge in [-0.05, 0) is 31.9 Å². The number of hydrogen-bond acceptors (Lipinski definition) is 4. The molecule has 0 saturated carbocycles. The van der Waals surface area contributed by atoms with Crippen LogP contribution in [0.25, 0.3) is 0 Å². The zero-order valence-corrected chi connectivity index (χ0v) is 13.4. The van der Waals surface area contributed by atoms with Crippen LogP contribution in [0.3, 0.4) is 0 Å². The van der Waals surface area contributed by atoms with Crippen LogP contribution in [0.4, 0.5) is 11.8 Å². The molecule has 1 aromatic carbocycles. The predicted octanol–water partition coefficient (Wildman–Crippen LogP) is 4.43. The largest absolute Gasteiger partial charge is 0.363 e. The first kappa shape index (κ1) is 15.6. The van der Waals surface area contributed by atoms with E-state index in [0.29, 0.717) is 5.95 Å². The van der Waals surface area contributed by atoms with Crippen molar-refractivity contribution in [3.05, 3.63) is 46.6 Å². The normalized spacial score (nSPS) is 12.0. The van der Waals surface area contributed by atoms with E-state index in [9.17, 15) is 0 Å². The number of nitrogens with zero attached hydrogens (tertiary/aromatic N) is 2. The first-order valence-corrected chi connectivity index (χ1v) is 7.58. The number of rotatable bonds is 6. The lowest BCUT2D eigenvalue weighted by atomic mass is 10.1. The third-order valence-corrected chi connectivity index (χ3v) is 3.47. The van der Waals surface area contributed by atoms with Crippen LogP contribution in [-0.2, 0) is 0 Å². The number of halogens is 1. The second-order valence-electron chi connectivity index (χ2n) is 5.03. The molecule has 1 atom stereocenters. The van der Waals surface area contributed by atoms with E-state index in [-0.39, 0.29) is 6.04 Å². The molecule has 0 aliphatic rings. The van der Waals surface area contributed by atoms with Gasteiger partial charge in [0.1, 0.15) is 5.82 Å². The monoisotopic (exact) mass is 304 g/mol. The molecule has 0 amide bonds.